The van der Waals surface area contributed by atoms with E-state index in [9.17, 15) is 9.90 Å². The minimum Gasteiger partial charge on any atom is -0.395 e. The highest BCUT2D eigenvalue weighted by Crippen LogP contribution is 2.19. The Balaban J connectivity index is 1.89. The van der Waals surface area contributed by atoms with Gasteiger partial charge in [-0.3, -0.25) is 14.1 Å². The van der Waals surface area contributed by atoms with Crippen LogP contribution >= 0.6 is 11.3 Å². The van der Waals surface area contributed by atoms with Crippen LogP contribution in [0.25, 0.3) is 4.96 Å². The number of hydrogen-bond donors (Lipinski definition) is 1. The molecule has 0 aromatic carbocycles. The number of hydrogen-bond acceptors (Lipinski definition) is 5. The molecule has 0 saturated carbocycles. The molecule has 5 nitrogen and oxygen atoms in total. The van der Waals surface area contributed by atoms with E-state index in [1.54, 1.807) is 10.5 Å². The van der Waals surface area contributed by atoms with E-state index in [-0.39, 0.29) is 18.2 Å². The van der Waals surface area contributed by atoms with Crippen LogP contribution in [-0.2, 0) is 6.54 Å². The highest BCUT2D eigenvalue weighted by atomic mass is 32.1. The zero-order valence-electron chi connectivity index (χ0n) is 11.6. The molecule has 0 bridgehead atoms. The van der Waals surface area contributed by atoms with E-state index in [4.69, 9.17) is 0 Å². The lowest BCUT2D eigenvalue weighted by molar-refractivity contribution is 0.0831. The molecule has 0 aliphatic carbocycles. The van der Waals surface area contributed by atoms with Crippen molar-refractivity contribution in [2.75, 3.05) is 13.2 Å². The number of likely N-dealkylation sites (tertiary alicyclic amines) is 1. The molecular formula is C14H19N3O2S. The van der Waals surface area contributed by atoms with E-state index in [0.29, 0.717) is 6.54 Å². The maximum atomic E-state index is 12.1. The van der Waals surface area contributed by atoms with Crippen LogP contribution in [0.4, 0.5) is 0 Å². The SMILES string of the molecule is Cc1csc2nc(CN3CCCC[C@@H]3CO)cc(=O)n12. The molecule has 108 valence electrons. The van der Waals surface area contributed by atoms with Crippen molar-refractivity contribution in [3.63, 3.8) is 0 Å². The van der Waals surface area contributed by atoms with Crippen LogP contribution in [0.1, 0.15) is 30.7 Å². The van der Waals surface area contributed by atoms with Gasteiger partial charge in [-0.15, -0.1) is 11.3 Å². The Kier molecular flexibility index (Phi) is 3.87. The Labute approximate surface area is 121 Å². The summed E-state index contributed by atoms with van der Waals surface area (Å²) in [7, 11) is 0. The molecule has 3 heterocycles. The monoisotopic (exact) mass is 293 g/mol. The Morgan fingerprint density at radius 3 is 3.15 bits per heavy atom. The first-order valence-electron chi connectivity index (χ1n) is 7.00. The fourth-order valence-electron chi connectivity index (χ4n) is 2.86. The second-order valence-electron chi connectivity index (χ2n) is 5.38. The van der Waals surface area contributed by atoms with Gasteiger partial charge in [0.2, 0.25) is 0 Å². The van der Waals surface area contributed by atoms with Gasteiger partial charge in [-0.25, -0.2) is 4.98 Å². The summed E-state index contributed by atoms with van der Waals surface area (Å²) in [5.74, 6) is 0. The van der Waals surface area contributed by atoms with Crippen molar-refractivity contribution in [2.24, 2.45) is 0 Å². The fourth-order valence-corrected chi connectivity index (χ4v) is 3.76. The minimum absolute atomic E-state index is 0.0127. The average molecular weight is 293 g/mol. The second kappa shape index (κ2) is 5.63. The van der Waals surface area contributed by atoms with Crippen molar-refractivity contribution in [3.8, 4) is 0 Å². The van der Waals surface area contributed by atoms with Gasteiger partial charge in [0.1, 0.15) is 0 Å². The highest BCUT2D eigenvalue weighted by molar-refractivity contribution is 7.15. The van der Waals surface area contributed by atoms with Crippen LogP contribution < -0.4 is 5.56 Å². The van der Waals surface area contributed by atoms with Crippen molar-refractivity contribution in [1.29, 1.82) is 0 Å². The van der Waals surface area contributed by atoms with Crippen LogP contribution in [-0.4, -0.2) is 38.6 Å². The molecule has 1 aliphatic rings. The van der Waals surface area contributed by atoms with Crippen LogP contribution in [0.2, 0.25) is 0 Å². The number of aromatic nitrogens is 2. The van der Waals surface area contributed by atoms with Crippen molar-refractivity contribution in [1.82, 2.24) is 14.3 Å². The van der Waals surface area contributed by atoms with Crippen molar-refractivity contribution < 1.29 is 5.11 Å². The molecule has 3 rings (SSSR count). The lowest BCUT2D eigenvalue weighted by Crippen LogP contribution is -2.41. The van der Waals surface area contributed by atoms with Gasteiger partial charge in [0.25, 0.3) is 5.56 Å². The summed E-state index contributed by atoms with van der Waals surface area (Å²) in [5.41, 5.74) is 1.72. The molecule has 2 aromatic heterocycles. The van der Waals surface area contributed by atoms with E-state index >= 15 is 0 Å². The topological polar surface area (TPSA) is 57.8 Å². The summed E-state index contributed by atoms with van der Waals surface area (Å²) in [6, 6.07) is 1.82. The molecule has 0 spiro atoms. The number of thiazole rings is 1. The third-order valence-electron chi connectivity index (χ3n) is 3.95. The van der Waals surface area contributed by atoms with Crippen LogP contribution in [0, 0.1) is 6.92 Å². The first-order valence-corrected chi connectivity index (χ1v) is 7.88. The maximum absolute atomic E-state index is 12.1. The summed E-state index contributed by atoms with van der Waals surface area (Å²) in [6.45, 7) is 3.71. The van der Waals surface area contributed by atoms with Gasteiger partial charge >= 0.3 is 0 Å². The Morgan fingerprint density at radius 1 is 1.50 bits per heavy atom. The molecule has 1 aliphatic heterocycles. The van der Waals surface area contributed by atoms with E-state index < -0.39 is 0 Å². The minimum atomic E-state index is -0.0127. The Hall–Kier alpha value is -1.24. The van der Waals surface area contributed by atoms with Crippen LogP contribution in [0.3, 0.4) is 0 Å². The number of nitrogens with zero attached hydrogens (tertiary/aromatic N) is 3. The zero-order chi connectivity index (χ0) is 14.1. The Bertz CT molecular complexity index is 664. The lowest BCUT2D eigenvalue weighted by atomic mass is 10.0. The number of piperidine rings is 1. The van der Waals surface area contributed by atoms with E-state index in [2.05, 4.69) is 9.88 Å². The Morgan fingerprint density at radius 2 is 2.35 bits per heavy atom. The normalized spacial score (nSPS) is 20.6. The van der Waals surface area contributed by atoms with Gasteiger partial charge in [0.15, 0.2) is 4.96 Å². The lowest BCUT2D eigenvalue weighted by Gasteiger charge is -2.34. The number of fused-ring (bicyclic) bond motifs is 1. The first-order chi connectivity index (χ1) is 9.69. The summed E-state index contributed by atoms with van der Waals surface area (Å²) in [5, 5.41) is 11.4. The smallest absolute Gasteiger partial charge is 0.259 e. The number of rotatable bonds is 3. The standard InChI is InChI=1S/C14H19N3O2S/c1-10-9-20-14-15-11(6-13(19)17(10)14)7-16-5-3-2-4-12(16)8-18/h6,9,12,18H,2-5,7-8H2,1H3/t12-/m1/s1. The average Bonchev–Trinajstić information content (AvgIpc) is 2.81. The van der Waals surface area contributed by atoms with Gasteiger partial charge in [-0.05, 0) is 26.3 Å². The first kappa shape index (κ1) is 13.7. The van der Waals surface area contributed by atoms with Gasteiger partial charge < -0.3 is 5.11 Å². The van der Waals surface area contributed by atoms with E-state index in [1.807, 2.05) is 12.3 Å². The number of aliphatic hydroxyl groups is 1. The summed E-state index contributed by atoms with van der Waals surface area (Å²) >= 11 is 1.49. The maximum Gasteiger partial charge on any atom is 0.259 e. The van der Waals surface area contributed by atoms with Gasteiger partial charge in [0.05, 0.1) is 12.3 Å². The van der Waals surface area contributed by atoms with Crippen LogP contribution in [0.5, 0.6) is 0 Å². The molecule has 1 N–H and O–H groups in total. The quantitative estimate of drug-likeness (QED) is 0.929. The molecule has 20 heavy (non-hydrogen) atoms. The van der Waals surface area contributed by atoms with Crippen molar-refractivity contribution >= 4 is 16.3 Å². The molecule has 0 radical (unpaired) electrons. The van der Waals surface area contributed by atoms with Crippen LogP contribution in [0.15, 0.2) is 16.2 Å². The predicted molar refractivity (Wildman–Crippen MR) is 79.2 cm³/mol. The molecule has 1 fully saturated rings. The molecule has 0 unspecified atom stereocenters. The van der Waals surface area contributed by atoms with Gasteiger partial charge in [0, 0.05) is 29.7 Å². The molecule has 2 aromatic rings. The fraction of sp³-hybridized carbons (Fsp3) is 0.571. The number of aliphatic hydroxyl groups excluding tert-OH is 1. The largest absolute Gasteiger partial charge is 0.395 e. The predicted octanol–water partition coefficient (Wildman–Crippen LogP) is 1.41. The van der Waals surface area contributed by atoms with Crippen molar-refractivity contribution in [3.05, 3.63) is 33.2 Å². The molecule has 6 heteroatoms. The van der Waals surface area contributed by atoms with E-state index in [0.717, 1.165) is 35.7 Å². The summed E-state index contributed by atoms with van der Waals surface area (Å²) in [6.07, 6.45) is 3.34. The summed E-state index contributed by atoms with van der Waals surface area (Å²) in [4.78, 5) is 19.7. The second-order valence-corrected chi connectivity index (χ2v) is 6.22. The van der Waals surface area contributed by atoms with Gasteiger partial charge in [-0.2, -0.15) is 0 Å². The summed E-state index contributed by atoms with van der Waals surface area (Å²) < 4.78 is 1.65. The highest BCUT2D eigenvalue weighted by Gasteiger charge is 2.22. The number of aryl methyl sites for hydroxylation is 1. The van der Waals surface area contributed by atoms with E-state index in [1.165, 1.54) is 17.8 Å². The molecule has 0 amide bonds. The third-order valence-corrected chi connectivity index (χ3v) is 4.90. The molecule has 1 atom stereocenters. The zero-order valence-corrected chi connectivity index (χ0v) is 12.4. The molecular weight excluding hydrogens is 274 g/mol. The molecule has 1 saturated heterocycles. The van der Waals surface area contributed by atoms with Gasteiger partial charge in [-0.1, -0.05) is 6.42 Å². The third kappa shape index (κ3) is 2.51. The van der Waals surface area contributed by atoms with Crippen molar-refractivity contribution in [2.45, 2.75) is 38.8 Å².